The zero-order valence-corrected chi connectivity index (χ0v) is 10.6. The molecule has 2 rings (SSSR count). The quantitative estimate of drug-likeness (QED) is 0.430. The Bertz CT molecular complexity index is 542. The van der Waals surface area contributed by atoms with Crippen molar-refractivity contribution in [3.8, 4) is 0 Å². The Hall–Kier alpha value is -1.60. The molecule has 0 atom stereocenters. The van der Waals surface area contributed by atoms with E-state index < -0.39 is 9.84 Å². The zero-order chi connectivity index (χ0) is 13.2. The normalized spacial score (nSPS) is 18.4. The minimum absolute atomic E-state index is 0.153. The second kappa shape index (κ2) is 4.95. The number of benzene rings is 1. The molecule has 0 spiro atoms. The Labute approximate surface area is 106 Å². The van der Waals surface area contributed by atoms with Crippen LogP contribution in [0.3, 0.4) is 0 Å². The number of nitrogens with one attached hydrogen (secondary N) is 1. The van der Waals surface area contributed by atoms with E-state index in [1.165, 1.54) is 0 Å². The Morgan fingerprint density at radius 3 is 2.56 bits per heavy atom. The predicted octanol–water partition coefficient (Wildman–Crippen LogP) is -0.475. The number of amides is 1. The van der Waals surface area contributed by atoms with Crippen LogP contribution in [0.25, 0.3) is 0 Å². The molecule has 18 heavy (non-hydrogen) atoms. The fourth-order valence-corrected chi connectivity index (χ4v) is 3.10. The van der Waals surface area contributed by atoms with Gasteiger partial charge in [-0.25, -0.2) is 14.3 Å². The first kappa shape index (κ1) is 12.8. The van der Waals surface area contributed by atoms with Crippen LogP contribution in [0.4, 0.5) is 5.69 Å². The number of hydrogen-bond donors (Lipinski definition) is 2. The maximum atomic E-state index is 11.4. The van der Waals surface area contributed by atoms with E-state index in [0.717, 1.165) is 5.69 Å². The van der Waals surface area contributed by atoms with Gasteiger partial charge in [0.1, 0.15) is 0 Å². The van der Waals surface area contributed by atoms with Crippen LogP contribution in [-0.4, -0.2) is 38.9 Å². The molecule has 0 aliphatic carbocycles. The van der Waals surface area contributed by atoms with Crippen molar-refractivity contribution in [1.82, 2.24) is 5.43 Å². The second-order valence-corrected chi connectivity index (χ2v) is 6.47. The number of nitrogens with zero attached hydrogens (tertiary/aromatic N) is 1. The number of carbonyl (C=O) groups is 1. The number of anilines is 1. The standard InChI is InChI=1S/C11H15N3O3S/c12-13-11(15)9-2-1-3-10(8-9)14-4-6-18(16,17)7-5-14/h1-3,8H,4-7,12H2,(H,13,15). The van der Waals surface area contributed by atoms with Crippen molar-refractivity contribution in [1.29, 1.82) is 0 Å². The van der Waals surface area contributed by atoms with E-state index in [4.69, 9.17) is 5.84 Å². The highest BCUT2D eigenvalue weighted by atomic mass is 32.2. The molecule has 98 valence electrons. The molecule has 3 N–H and O–H groups in total. The van der Waals surface area contributed by atoms with Crippen molar-refractivity contribution >= 4 is 21.4 Å². The number of hydrogen-bond acceptors (Lipinski definition) is 5. The van der Waals surface area contributed by atoms with Gasteiger partial charge >= 0.3 is 0 Å². The van der Waals surface area contributed by atoms with Crippen LogP contribution in [0, 0.1) is 0 Å². The monoisotopic (exact) mass is 269 g/mol. The van der Waals surface area contributed by atoms with E-state index in [-0.39, 0.29) is 17.4 Å². The summed E-state index contributed by atoms with van der Waals surface area (Å²) in [7, 11) is -2.90. The molecule has 1 aliphatic heterocycles. The van der Waals surface area contributed by atoms with Gasteiger partial charge in [-0.2, -0.15) is 0 Å². The Balaban J connectivity index is 2.17. The maximum Gasteiger partial charge on any atom is 0.265 e. The molecule has 1 heterocycles. The number of hydrazine groups is 1. The molecule has 0 saturated carbocycles. The fourth-order valence-electron chi connectivity index (χ4n) is 1.90. The number of carbonyl (C=O) groups excluding carboxylic acids is 1. The van der Waals surface area contributed by atoms with Gasteiger partial charge in [0.2, 0.25) is 0 Å². The lowest BCUT2D eigenvalue weighted by atomic mass is 10.2. The molecule has 6 nitrogen and oxygen atoms in total. The van der Waals surface area contributed by atoms with Crippen LogP contribution in [0.15, 0.2) is 24.3 Å². The van der Waals surface area contributed by atoms with Gasteiger partial charge in [0.15, 0.2) is 9.84 Å². The van der Waals surface area contributed by atoms with E-state index >= 15 is 0 Å². The smallest absolute Gasteiger partial charge is 0.265 e. The van der Waals surface area contributed by atoms with Crippen LogP contribution >= 0.6 is 0 Å². The van der Waals surface area contributed by atoms with Gasteiger partial charge < -0.3 is 4.90 Å². The summed E-state index contributed by atoms with van der Waals surface area (Å²) in [4.78, 5) is 13.4. The van der Waals surface area contributed by atoms with Gasteiger partial charge in [0.05, 0.1) is 11.5 Å². The average Bonchev–Trinajstić information content (AvgIpc) is 2.38. The Kier molecular flexibility index (Phi) is 3.53. The van der Waals surface area contributed by atoms with E-state index in [1.54, 1.807) is 18.2 Å². The number of nitrogen functional groups attached to an aromatic ring is 1. The highest BCUT2D eigenvalue weighted by molar-refractivity contribution is 7.91. The molecule has 0 bridgehead atoms. The maximum absolute atomic E-state index is 11.4. The fraction of sp³-hybridized carbons (Fsp3) is 0.364. The molecule has 7 heteroatoms. The summed E-state index contributed by atoms with van der Waals surface area (Å²) in [5.41, 5.74) is 3.37. The van der Waals surface area contributed by atoms with Crippen molar-refractivity contribution in [3.63, 3.8) is 0 Å². The third kappa shape index (κ3) is 2.80. The first-order chi connectivity index (χ1) is 8.52. The third-order valence-electron chi connectivity index (χ3n) is 2.95. The van der Waals surface area contributed by atoms with Gasteiger partial charge in [-0.05, 0) is 18.2 Å². The highest BCUT2D eigenvalue weighted by Gasteiger charge is 2.22. The zero-order valence-electron chi connectivity index (χ0n) is 9.80. The molecule has 0 aromatic heterocycles. The molecule has 1 aromatic rings. The molecule has 1 aliphatic rings. The predicted molar refractivity (Wildman–Crippen MR) is 69.0 cm³/mol. The lowest BCUT2D eigenvalue weighted by Crippen LogP contribution is -2.40. The van der Waals surface area contributed by atoms with Crippen molar-refractivity contribution in [2.75, 3.05) is 29.5 Å². The topological polar surface area (TPSA) is 92.5 Å². The molecule has 0 unspecified atom stereocenters. The lowest BCUT2D eigenvalue weighted by molar-refractivity contribution is 0.0953. The van der Waals surface area contributed by atoms with Crippen molar-refractivity contribution in [3.05, 3.63) is 29.8 Å². The van der Waals surface area contributed by atoms with E-state index in [1.807, 2.05) is 11.0 Å². The number of rotatable bonds is 2. The van der Waals surface area contributed by atoms with E-state index in [0.29, 0.717) is 18.7 Å². The van der Waals surface area contributed by atoms with Crippen LogP contribution in [0.2, 0.25) is 0 Å². The highest BCUT2D eigenvalue weighted by Crippen LogP contribution is 2.18. The summed E-state index contributed by atoms with van der Waals surface area (Å²) in [5.74, 6) is 5.02. The minimum Gasteiger partial charge on any atom is -0.369 e. The molecule has 1 aromatic carbocycles. The summed E-state index contributed by atoms with van der Waals surface area (Å²) in [6, 6.07) is 6.97. The SMILES string of the molecule is NNC(=O)c1cccc(N2CCS(=O)(=O)CC2)c1. The van der Waals surface area contributed by atoms with Gasteiger partial charge in [-0.1, -0.05) is 6.07 Å². The number of nitrogens with two attached hydrogens (primary N) is 1. The van der Waals surface area contributed by atoms with Crippen molar-refractivity contribution < 1.29 is 13.2 Å². The molecule has 1 fully saturated rings. The van der Waals surface area contributed by atoms with Gasteiger partial charge in [0.25, 0.3) is 5.91 Å². The lowest BCUT2D eigenvalue weighted by Gasteiger charge is -2.28. The van der Waals surface area contributed by atoms with Crippen LogP contribution < -0.4 is 16.2 Å². The minimum atomic E-state index is -2.90. The average molecular weight is 269 g/mol. The Morgan fingerprint density at radius 2 is 1.94 bits per heavy atom. The van der Waals surface area contributed by atoms with Crippen molar-refractivity contribution in [2.45, 2.75) is 0 Å². The van der Waals surface area contributed by atoms with Crippen LogP contribution in [0.5, 0.6) is 0 Å². The third-order valence-corrected chi connectivity index (χ3v) is 4.56. The molecule has 1 amide bonds. The van der Waals surface area contributed by atoms with Crippen LogP contribution in [0.1, 0.15) is 10.4 Å². The van der Waals surface area contributed by atoms with E-state index in [9.17, 15) is 13.2 Å². The van der Waals surface area contributed by atoms with Gasteiger partial charge in [-0.3, -0.25) is 10.2 Å². The summed E-state index contributed by atoms with van der Waals surface area (Å²) >= 11 is 0. The largest absolute Gasteiger partial charge is 0.369 e. The summed E-state index contributed by atoms with van der Waals surface area (Å²) < 4.78 is 22.7. The molecule has 1 saturated heterocycles. The van der Waals surface area contributed by atoms with Gasteiger partial charge in [0, 0.05) is 24.3 Å². The van der Waals surface area contributed by atoms with E-state index in [2.05, 4.69) is 5.43 Å². The summed E-state index contributed by atoms with van der Waals surface area (Å²) in [6.07, 6.45) is 0. The molecule has 0 radical (unpaired) electrons. The molecular weight excluding hydrogens is 254 g/mol. The van der Waals surface area contributed by atoms with Gasteiger partial charge in [-0.15, -0.1) is 0 Å². The van der Waals surface area contributed by atoms with Crippen molar-refractivity contribution in [2.24, 2.45) is 5.84 Å². The summed E-state index contributed by atoms with van der Waals surface area (Å²) in [6.45, 7) is 0.909. The first-order valence-electron chi connectivity index (χ1n) is 5.58. The number of sulfone groups is 1. The Morgan fingerprint density at radius 1 is 1.28 bits per heavy atom. The first-order valence-corrected chi connectivity index (χ1v) is 7.40. The second-order valence-electron chi connectivity index (χ2n) is 4.16. The summed E-state index contributed by atoms with van der Waals surface area (Å²) in [5, 5.41) is 0. The molecular formula is C11H15N3O3S. The van der Waals surface area contributed by atoms with Crippen LogP contribution in [-0.2, 0) is 9.84 Å².